The molecule has 2 aromatic rings. The summed E-state index contributed by atoms with van der Waals surface area (Å²) in [5.74, 6) is 0.00393. The molecule has 158 valence electrons. The van der Waals surface area contributed by atoms with Gasteiger partial charge in [-0.15, -0.1) is 0 Å². The van der Waals surface area contributed by atoms with Crippen molar-refractivity contribution < 1.29 is 27.1 Å². The number of nitrogens with zero attached hydrogens (tertiary/aromatic N) is 1. The topological polar surface area (TPSA) is 84.9 Å². The van der Waals surface area contributed by atoms with Crippen LogP contribution >= 0.6 is 11.6 Å². The zero-order valence-electron chi connectivity index (χ0n) is 16.2. The third kappa shape index (κ3) is 5.81. The molecule has 7 nitrogen and oxygen atoms in total. The number of carbonyl (C=O) groups excluding carboxylic acids is 1. The second-order valence-corrected chi connectivity index (χ2v) is 8.57. The van der Waals surface area contributed by atoms with Crippen LogP contribution in [-0.2, 0) is 14.8 Å². The van der Waals surface area contributed by atoms with E-state index < -0.39 is 15.8 Å². The van der Waals surface area contributed by atoms with Gasteiger partial charge in [-0.1, -0.05) is 11.6 Å². The van der Waals surface area contributed by atoms with Crippen molar-refractivity contribution in [3.8, 4) is 11.5 Å². The standard InChI is InChI=1S/C19H22ClFN2O5S/c1-23(29(25,26)14-8-6-13(21)7-9-14)10-4-5-19(24)22-16-12-18(28-3)17(27-2)11-15(16)20/h6-9,11-12H,4-5,10H2,1-3H3,(H,22,24). The van der Waals surface area contributed by atoms with Gasteiger partial charge in [-0.05, 0) is 30.7 Å². The van der Waals surface area contributed by atoms with E-state index in [1.807, 2.05) is 0 Å². The number of rotatable bonds is 9. The number of ether oxygens (including phenoxy) is 2. The van der Waals surface area contributed by atoms with Crippen molar-refractivity contribution >= 4 is 33.2 Å². The van der Waals surface area contributed by atoms with Crippen molar-refractivity contribution in [2.75, 3.05) is 33.1 Å². The maximum absolute atomic E-state index is 13.0. The van der Waals surface area contributed by atoms with Crippen LogP contribution in [-0.4, -0.2) is 46.4 Å². The van der Waals surface area contributed by atoms with Gasteiger partial charge in [0.1, 0.15) is 5.82 Å². The van der Waals surface area contributed by atoms with Crippen LogP contribution in [0.5, 0.6) is 11.5 Å². The van der Waals surface area contributed by atoms with Crippen LogP contribution in [0, 0.1) is 5.82 Å². The number of methoxy groups -OCH3 is 2. The Morgan fingerprint density at radius 1 is 1.14 bits per heavy atom. The fourth-order valence-corrected chi connectivity index (χ4v) is 3.94. The molecule has 0 aromatic heterocycles. The monoisotopic (exact) mass is 444 g/mol. The van der Waals surface area contributed by atoms with Crippen molar-refractivity contribution in [2.45, 2.75) is 17.7 Å². The minimum Gasteiger partial charge on any atom is -0.493 e. The van der Waals surface area contributed by atoms with Crippen LogP contribution in [0.15, 0.2) is 41.3 Å². The number of amides is 1. The lowest BCUT2D eigenvalue weighted by atomic mass is 10.2. The summed E-state index contributed by atoms with van der Waals surface area (Å²) in [5, 5.41) is 2.95. The van der Waals surface area contributed by atoms with Gasteiger partial charge in [-0.2, -0.15) is 0 Å². The van der Waals surface area contributed by atoms with Crippen molar-refractivity contribution in [1.82, 2.24) is 4.31 Å². The molecule has 1 amide bonds. The van der Waals surface area contributed by atoms with E-state index >= 15 is 0 Å². The second kappa shape index (κ2) is 9.91. The van der Waals surface area contributed by atoms with Crippen molar-refractivity contribution in [3.05, 3.63) is 47.2 Å². The summed E-state index contributed by atoms with van der Waals surface area (Å²) in [4.78, 5) is 12.2. The Morgan fingerprint density at radius 3 is 2.31 bits per heavy atom. The number of halogens is 2. The fraction of sp³-hybridized carbons (Fsp3) is 0.316. The van der Waals surface area contributed by atoms with Crippen LogP contribution in [0.4, 0.5) is 10.1 Å². The first-order valence-corrected chi connectivity index (χ1v) is 10.4. The number of nitrogens with one attached hydrogen (secondary N) is 1. The Labute approximate surface area is 174 Å². The van der Waals surface area contributed by atoms with Gasteiger partial charge >= 0.3 is 0 Å². The van der Waals surface area contributed by atoms with E-state index in [9.17, 15) is 17.6 Å². The summed E-state index contributed by atoms with van der Waals surface area (Å²) < 4.78 is 49.3. The van der Waals surface area contributed by atoms with Crippen LogP contribution in [0.1, 0.15) is 12.8 Å². The Hall–Kier alpha value is -2.36. The third-order valence-corrected chi connectivity index (χ3v) is 6.33. The molecule has 29 heavy (non-hydrogen) atoms. The van der Waals surface area contributed by atoms with Crippen LogP contribution < -0.4 is 14.8 Å². The summed E-state index contributed by atoms with van der Waals surface area (Å²) in [5.41, 5.74) is 0.363. The molecule has 0 saturated heterocycles. The smallest absolute Gasteiger partial charge is 0.242 e. The fourth-order valence-electron chi connectivity index (χ4n) is 2.53. The number of hydrogen-bond donors (Lipinski definition) is 1. The molecule has 0 fully saturated rings. The zero-order valence-corrected chi connectivity index (χ0v) is 17.8. The molecular weight excluding hydrogens is 423 g/mol. The lowest BCUT2D eigenvalue weighted by molar-refractivity contribution is -0.116. The van der Waals surface area contributed by atoms with E-state index in [0.717, 1.165) is 16.4 Å². The number of anilines is 1. The predicted octanol–water partition coefficient (Wildman–Crippen LogP) is 3.54. The van der Waals surface area contributed by atoms with Gasteiger partial charge in [0.15, 0.2) is 11.5 Å². The van der Waals surface area contributed by atoms with E-state index in [4.69, 9.17) is 21.1 Å². The SMILES string of the molecule is COc1cc(Cl)c(NC(=O)CCCN(C)S(=O)(=O)c2ccc(F)cc2)cc1OC. The second-order valence-electron chi connectivity index (χ2n) is 6.12. The highest BCUT2D eigenvalue weighted by atomic mass is 35.5. The van der Waals surface area contributed by atoms with Crippen molar-refractivity contribution in [1.29, 1.82) is 0 Å². The Balaban J connectivity index is 1.93. The number of hydrogen-bond acceptors (Lipinski definition) is 5. The minimum atomic E-state index is -3.75. The van der Waals surface area contributed by atoms with Crippen molar-refractivity contribution in [2.24, 2.45) is 0 Å². The Bertz CT molecular complexity index is 967. The summed E-state index contributed by atoms with van der Waals surface area (Å²) >= 11 is 6.14. The molecule has 0 aliphatic heterocycles. The number of sulfonamides is 1. The van der Waals surface area contributed by atoms with Crippen LogP contribution in [0.2, 0.25) is 5.02 Å². The van der Waals surface area contributed by atoms with Crippen LogP contribution in [0.3, 0.4) is 0 Å². The van der Waals surface area contributed by atoms with Gasteiger partial charge in [-0.25, -0.2) is 17.1 Å². The predicted molar refractivity (Wildman–Crippen MR) is 109 cm³/mol. The van der Waals surface area contributed by atoms with Crippen molar-refractivity contribution in [3.63, 3.8) is 0 Å². The minimum absolute atomic E-state index is 0.0111. The van der Waals surface area contributed by atoms with Gasteiger partial charge in [0.25, 0.3) is 0 Å². The average molecular weight is 445 g/mol. The molecule has 0 aliphatic carbocycles. The highest BCUT2D eigenvalue weighted by Crippen LogP contribution is 2.36. The van der Waals surface area contributed by atoms with E-state index in [1.54, 1.807) is 6.07 Å². The normalized spacial score (nSPS) is 11.4. The molecule has 10 heteroatoms. The summed E-state index contributed by atoms with van der Waals surface area (Å²) in [6, 6.07) is 7.64. The maximum atomic E-state index is 13.0. The largest absolute Gasteiger partial charge is 0.493 e. The lowest BCUT2D eigenvalue weighted by Gasteiger charge is -2.17. The van der Waals surface area contributed by atoms with Crippen LogP contribution in [0.25, 0.3) is 0 Å². The molecule has 0 spiro atoms. The van der Waals surface area contributed by atoms with Gasteiger partial charge in [0.05, 0.1) is 29.8 Å². The lowest BCUT2D eigenvalue weighted by Crippen LogP contribution is -2.28. The first-order valence-electron chi connectivity index (χ1n) is 8.62. The highest BCUT2D eigenvalue weighted by molar-refractivity contribution is 7.89. The van der Waals surface area contributed by atoms with E-state index in [0.29, 0.717) is 17.2 Å². The zero-order chi connectivity index (χ0) is 21.6. The first kappa shape index (κ1) is 22.9. The summed E-state index contributed by atoms with van der Waals surface area (Å²) in [6.07, 6.45) is 0.363. The van der Waals surface area contributed by atoms with Gasteiger partial charge < -0.3 is 14.8 Å². The highest BCUT2D eigenvalue weighted by Gasteiger charge is 2.20. The molecule has 2 aromatic carbocycles. The van der Waals surface area contributed by atoms with E-state index in [1.165, 1.54) is 39.5 Å². The molecule has 0 atom stereocenters. The Morgan fingerprint density at radius 2 is 1.72 bits per heavy atom. The number of benzene rings is 2. The maximum Gasteiger partial charge on any atom is 0.242 e. The quantitative estimate of drug-likeness (QED) is 0.639. The molecule has 0 unspecified atom stereocenters. The summed E-state index contributed by atoms with van der Waals surface area (Å²) in [6.45, 7) is 0.118. The molecular formula is C19H22ClFN2O5S. The van der Waals surface area contributed by atoms with E-state index in [-0.39, 0.29) is 35.2 Å². The van der Waals surface area contributed by atoms with Gasteiger partial charge in [0.2, 0.25) is 15.9 Å². The summed E-state index contributed by atoms with van der Waals surface area (Å²) in [7, 11) is 0.594. The molecule has 1 N–H and O–H groups in total. The first-order chi connectivity index (χ1) is 13.7. The third-order valence-electron chi connectivity index (χ3n) is 4.15. The molecule has 0 saturated carbocycles. The molecule has 0 heterocycles. The molecule has 0 bridgehead atoms. The average Bonchev–Trinajstić information content (AvgIpc) is 2.69. The molecule has 0 radical (unpaired) electrons. The van der Waals surface area contributed by atoms with E-state index in [2.05, 4.69) is 5.32 Å². The Kier molecular flexibility index (Phi) is 7.83. The van der Waals surface area contributed by atoms with Gasteiger partial charge in [-0.3, -0.25) is 4.79 Å². The molecule has 2 rings (SSSR count). The molecule has 0 aliphatic rings. The van der Waals surface area contributed by atoms with Gasteiger partial charge in [0, 0.05) is 32.1 Å². The number of carbonyl (C=O) groups is 1.